The zero-order chi connectivity index (χ0) is 7.68. The predicted octanol–water partition coefficient (Wildman–Crippen LogP) is 0.736. The van der Waals surface area contributed by atoms with E-state index in [2.05, 4.69) is 17.6 Å². The molecule has 0 aromatic rings. The minimum atomic E-state index is 0.734. The van der Waals surface area contributed by atoms with E-state index in [4.69, 9.17) is 0 Å². The molecule has 2 nitrogen and oxygen atoms in total. The number of rotatable bonds is 3. The summed E-state index contributed by atoms with van der Waals surface area (Å²) in [6.45, 7) is 4.78. The summed E-state index contributed by atoms with van der Waals surface area (Å²) in [6.07, 6.45) is 4.18. The van der Waals surface area contributed by atoms with Crippen molar-refractivity contribution in [2.45, 2.75) is 38.3 Å². The third-order valence-electron chi connectivity index (χ3n) is 2.88. The van der Waals surface area contributed by atoms with Crippen molar-refractivity contribution < 1.29 is 0 Å². The summed E-state index contributed by atoms with van der Waals surface area (Å²) in [4.78, 5) is 0. The zero-order valence-corrected chi connectivity index (χ0v) is 7.27. The third kappa shape index (κ3) is 1.94. The van der Waals surface area contributed by atoms with E-state index in [1.54, 1.807) is 0 Å². The first-order chi connectivity index (χ1) is 5.36. The van der Waals surface area contributed by atoms with E-state index in [0.29, 0.717) is 0 Å². The Morgan fingerprint density at radius 3 is 2.73 bits per heavy atom. The quantitative estimate of drug-likeness (QED) is 0.626. The molecule has 0 spiro atoms. The highest BCUT2D eigenvalue weighted by Crippen LogP contribution is 2.22. The fourth-order valence-electron chi connectivity index (χ4n) is 1.86. The summed E-state index contributed by atoms with van der Waals surface area (Å²) >= 11 is 0. The van der Waals surface area contributed by atoms with Gasteiger partial charge in [-0.2, -0.15) is 0 Å². The first-order valence-corrected chi connectivity index (χ1v) is 4.83. The highest BCUT2D eigenvalue weighted by Gasteiger charge is 2.27. The second-order valence-corrected chi connectivity index (χ2v) is 3.98. The lowest BCUT2D eigenvalue weighted by Crippen LogP contribution is -2.35. The molecule has 2 N–H and O–H groups in total. The topological polar surface area (TPSA) is 24.1 Å². The molecule has 2 rings (SSSR count). The molecule has 1 saturated carbocycles. The first kappa shape index (κ1) is 7.56. The van der Waals surface area contributed by atoms with Gasteiger partial charge in [0.25, 0.3) is 0 Å². The van der Waals surface area contributed by atoms with Gasteiger partial charge in [-0.3, -0.25) is 0 Å². The fraction of sp³-hybridized carbons (Fsp3) is 1.00. The molecule has 2 heteroatoms. The van der Waals surface area contributed by atoms with Crippen LogP contribution in [0.5, 0.6) is 0 Å². The van der Waals surface area contributed by atoms with Crippen LogP contribution in [0, 0.1) is 5.92 Å². The van der Waals surface area contributed by atoms with E-state index in [-0.39, 0.29) is 0 Å². The second-order valence-electron chi connectivity index (χ2n) is 3.98. The summed E-state index contributed by atoms with van der Waals surface area (Å²) in [7, 11) is 0. The smallest absolute Gasteiger partial charge is 0.00821 e. The maximum atomic E-state index is 3.66. The van der Waals surface area contributed by atoms with Gasteiger partial charge in [-0.05, 0) is 45.2 Å². The lowest BCUT2D eigenvalue weighted by Gasteiger charge is -2.19. The molecule has 64 valence electrons. The van der Waals surface area contributed by atoms with Crippen molar-refractivity contribution in [1.82, 2.24) is 10.6 Å². The van der Waals surface area contributed by atoms with E-state index in [1.807, 2.05) is 0 Å². The van der Waals surface area contributed by atoms with Gasteiger partial charge < -0.3 is 10.6 Å². The molecule has 0 amide bonds. The molecule has 2 fully saturated rings. The van der Waals surface area contributed by atoms with Crippen LogP contribution >= 0.6 is 0 Å². The third-order valence-corrected chi connectivity index (χ3v) is 2.88. The van der Waals surface area contributed by atoms with Crippen LogP contribution in [0.15, 0.2) is 0 Å². The van der Waals surface area contributed by atoms with Gasteiger partial charge >= 0.3 is 0 Å². The van der Waals surface area contributed by atoms with Gasteiger partial charge in [-0.15, -0.1) is 0 Å². The van der Waals surface area contributed by atoms with E-state index in [1.165, 1.54) is 32.4 Å². The van der Waals surface area contributed by atoms with Gasteiger partial charge in [0.05, 0.1) is 0 Å². The molecular weight excluding hydrogens is 136 g/mol. The van der Waals surface area contributed by atoms with Crippen molar-refractivity contribution in [2.75, 3.05) is 13.1 Å². The van der Waals surface area contributed by atoms with Crippen molar-refractivity contribution in [3.05, 3.63) is 0 Å². The van der Waals surface area contributed by atoms with Crippen LogP contribution in [-0.2, 0) is 0 Å². The van der Waals surface area contributed by atoms with Crippen molar-refractivity contribution in [2.24, 2.45) is 5.92 Å². The van der Waals surface area contributed by atoms with Gasteiger partial charge in [0.1, 0.15) is 0 Å². The monoisotopic (exact) mass is 154 g/mol. The molecule has 0 radical (unpaired) electrons. The zero-order valence-electron chi connectivity index (χ0n) is 7.27. The SMILES string of the molecule is CC(NC1CC1)[C@@H]1CCNC1. The molecular formula is C9H18N2. The molecule has 1 aliphatic heterocycles. The standard InChI is InChI=1S/C9H18N2/c1-7(11-9-2-3-9)8-4-5-10-6-8/h7-11H,2-6H2,1H3/t7?,8-/m1/s1. The maximum absolute atomic E-state index is 3.66. The Kier molecular flexibility index (Phi) is 2.14. The summed E-state index contributed by atoms with van der Waals surface area (Å²) in [5.74, 6) is 0.885. The number of hydrogen-bond acceptors (Lipinski definition) is 2. The Morgan fingerprint density at radius 1 is 1.36 bits per heavy atom. The molecule has 1 aliphatic carbocycles. The average Bonchev–Trinajstić information content (AvgIpc) is 2.67. The Bertz CT molecular complexity index is 126. The van der Waals surface area contributed by atoms with Crippen LogP contribution in [0.4, 0.5) is 0 Å². The second kappa shape index (κ2) is 3.11. The molecule has 1 saturated heterocycles. The highest BCUT2D eigenvalue weighted by molar-refractivity contribution is 4.88. The summed E-state index contributed by atoms with van der Waals surface area (Å²) in [6, 6.07) is 1.60. The number of hydrogen-bond donors (Lipinski definition) is 2. The predicted molar refractivity (Wildman–Crippen MR) is 46.6 cm³/mol. The Hall–Kier alpha value is -0.0800. The van der Waals surface area contributed by atoms with E-state index >= 15 is 0 Å². The minimum Gasteiger partial charge on any atom is -0.316 e. The van der Waals surface area contributed by atoms with E-state index in [9.17, 15) is 0 Å². The normalized spacial score (nSPS) is 34.1. The Labute approximate surface area is 68.7 Å². The van der Waals surface area contributed by atoms with Gasteiger partial charge in [-0.25, -0.2) is 0 Å². The van der Waals surface area contributed by atoms with Gasteiger partial charge in [0.15, 0.2) is 0 Å². The molecule has 1 heterocycles. The molecule has 0 bridgehead atoms. The molecule has 2 aliphatic rings. The highest BCUT2D eigenvalue weighted by atomic mass is 15.0. The van der Waals surface area contributed by atoms with Crippen LogP contribution < -0.4 is 10.6 Å². The van der Waals surface area contributed by atoms with E-state index in [0.717, 1.165) is 18.0 Å². The van der Waals surface area contributed by atoms with Crippen LogP contribution in [0.3, 0.4) is 0 Å². The summed E-state index contributed by atoms with van der Waals surface area (Å²) in [5, 5.41) is 7.06. The van der Waals surface area contributed by atoms with Crippen LogP contribution in [0.2, 0.25) is 0 Å². The summed E-state index contributed by atoms with van der Waals surface area (Å²) in [5.41, 5.74) is 0. The van der Waals surface area contributed by atoms with Gasteiger partial charge in [0.2, 0.25) is 0 Å². The number of nitrogens with one attached hydrogen (secondary N) is 2. The Morgan fingerprint density at radius 2 is 2.18 bits per heavy atom. The molecule has 0 aromatic carbocycles. The minimum absolute atomic E-state index is 0.734. The molecule has 0 aromatic heterocycles. The van der Waals surface area contributed by atoms with Crippen molar-refractivity contribution >= 4 is 0 Å². The molecule has 1 unspecified atom stereocenters. The van der Waals surface area contributed by atoms with Crippen molar-refractivity contribution in [3.8, 4) is 0 Å². The Balaban J connectivity index is 1.73. The van der Waals surface area contributed by atoms with Crippen molar-refractivity contribution in [1.29, 1.82) is 0 Å². The fourth-order valence-corrected chi connectivity index (χ4v) is 1.86. The van der Waals surface area contributed by atoms with Crippen LogP contribution in [-0.4, -0.2) is 25.2 Å². The molecule has 11 heavy (non-hydrogen) atoms. The first-order valence-electron chi connectivity index (χ1n) is 4.83. The average molecular weight is 154 g/mol. The van der Waals surface area contributed by atoms with Gasteiger partial charge in [0, 0.05) is 12.1 Å². The summed E-state index contributed by atoms with van der Waals surface area (Å²) < 4.78 is 0. The lowest BCUT2D eigenvalue weighted by molar-refractivity contribution is 0.397. The van der Waals surface area contributed by atoms with E-state index < -0.39 is 0 Å². The van der Waals surface area contributed by atoms with Crippen molar-refractivity contribution in [3.63, 3.8) is 0 Å². The van der Waals surface area contributed by atoms with Crippen LogP contribution in [0.1, 0.15) is 26.2 Å². The maximum Gasteiger partial charge on any atom is 0.00821 e. The lowest BCUT2D eigenvalue weighted by atomic mass is 10.0. The van der Waals surface area contributed by atoms with Gasteiger partial charge in [-0.1, -0.05) is 0 Å². The van der Waals surface area contributed by atoms with Crippen LogP contribution in [0.25, 0.3) is 0 Å². The molecule has 2 atom stereocenters. The largest absolute Gasteiger partial charge is 0.316 e.